The molecule has 4 heterocycles. The smallest absolute Gasteiger partial charge is 0.338 e. The van der Waals surface area contributed by atoms with Crippen molar-refractivity contribution < 1.29 is 17.7 Å². The Hall–Kier alpha value is -2.62. The maximum absolute atomic E-state index is 12.8. The second-order valence-corrected chi connectivity index (χ2v) is 5.93. The molecule has 0 saturated carbocycles. The van der Waals surface area contributed by atoms with Crippen LogP contribution in [0, 0.1) is 0 Å². The monoisotopic (exact) mass is 352 g/mol. The van der Waals surface area contributed by atoms with Crippen LogP contribution in [0.5, 0.6) is 0 Å². The average Bonchev–Trinajstić information content (AvgIpc) is 3.23. The Morgan fingerprint density at radius 3 is 2.80 bits per heavy atom. The summed E-state index contributed by atoms with van der Waals surface area (Å²) in [6.07, 6.45) is -4.52. The van der Waals surface area contributed by atoms with E-state index in [0.29, 0.717) is 0 Å². The fourth-order valence-electron chi connectivity index (χ4n) is 3.04. The third kappa shape index (κ3) is 2.62. The highest BCUT2D eigenvalue weighted by molar-refractivity contribution is 5.56. The highest BCUT2D eigenvalue weighted by atomic mass is 19.4. The molecule has 3 aromatic rings. The number of halogens is 3. The lowest BCUT2D eigenvalue weighted by Gasteiger charge is -2.24. The van der Waals surface area contributed by atoms with Gasteiger partial charge in [-0.1, -0.05) is 5.16 Å². The summed E-state index contributed by atoms with van der Waals surface area (Å²) in [7, 11) is 1.41. The Balaban J connectivity index is 1.71. The van der Waals surface area contributed by atoms with Gasteiger partial charge in [0.05, 0.1) is 0 Å². The second kappa shape index (κ2) is 5.45. The van der Waals surface area contributed by atoms with E-state index >= 15 is 0 Å². The van der Waals surface area contributed by atoms with Crippen molar-refractivity contribution in [2.75, 3.05) is 6.54 Å². The number of aromatic nitrogens is 5. The largest absolute Gasteiger partial charge is 0.435 e. The third-order valence-electron chi connectivity index (χ3n) is 4.29. The fraction of sp³-hybridized carbons (Fsp3) is 0.400. The van der Waals surface area contributed by atoms with Crippen LogP contribution in [0.3, 0.4) is 0 Å². The molecule has 1 N–H and O–H groups in total. The summed E-state index contributed by atoms with van der Waals surface area (Å²) in [6.45, 7) is 3.62. The Bertz CT molecular complexity index is 922. The summed E-state index contributed by atoms with van der Waals surface area (Å²) < 4.78 is 46.9. The van der Waals surface area contributed by atoms with Gasteiger partial charge in [-0.2, -0.15) is 23.3 Å². The van der Waals surface area contributed by atoms with E-state index < -0.39 is 11.9 Å². The van der Waals surface area contributed by atoms with Crippen LogP contribution >= 0.6 is 0 Å². The van der Waals surface area contributed by atoms with Gasteiger partial charge in [-0.15, -0.1) is 0 Å². The molecule has 0 saturated heterocycles. The van der Waals surface area contributed by atoms with Crippen molar-refractivity contribution in [2.45, 2.75) is 25.7 Å². The van der Waals surface area contributed by atoms with Crippen LogP contribution in [-0.2, 0) is 19.8 Å². The number of aryl methyl sites for hydroxylation is 1. The molecule has 25 heavy (non-hydrogen) atoms. The van der Waals surface area contributed by atoms with Crippen LogP contribution in [0.1, 0.15) is 24.4 Å². The molecule has 1 unspecified atom stereocenters. The fourth-order valence-corrected chi connectivity index (χ4v) is 3.04. The van der Waals surface area contributed by atoms with Crippen molar-refractivity contribution in [3.63, 3.8) is 0 Å². The topological polar surface area (TPSA) is 73.7 Å². The van der Waals surface area contributed by atoms with Crippen molar-refractivity contribution >= 4 is 0 Å². The first-order valence-corrected chi connectivity index (χ1v) is 7.73. The lowest BCUT2D eigenvalue weighted by molar-refractivity contribution is -0.141. The molecule has 0 aliphatic carbocycles. The maximum Gasteiger partial charge on any atom is 0.435 e. The Kier molecular flexibility index (Phi) is 3.46. The summed E-state index contributed by atoms with van der Waals surface area (Å²) in [4.78, 5) is 4.27. The first kappa shape index (κ1) is 15.9. The zero-order chi connectivity index (χ0) is 17.8. The van der Waals surface area contributed by atoms with Gasteiger partial charge in [-0.25, -0.2) is 0 Å². The van der Waals surface area contributed by atoms with Crippen molar-refractivity contribution in [3.8, 4) is 23.1 Å². The molecule has 0 fully saturated rings. The average molecular weight is 352 g/mol. The molecule has 7 nitrogen and oxygen atoms in total. The van der Waals surface area contributed by atoms with Gasteiger partial charge in [0.25, 0.3) is 5.89 Å². The molecular weight excluding hydrogens is 337 g/mol. The molecule has 10 heteroatoms. The number of hydrogen-bond acceptors (Lipinski definition) is 5. The van der Waals surface area contributed by atoms with Gasteiger partial charge in [0, 0.05) is 31.9 Å². The number of nitrogens with one attached hydrogen (secondary N) is 1. The Labute approximate surface area is 140 Å². The number of rotatable bonds is 2. The van der Waals surface area contributed by atoms with E-state index in [1.54, 1.807) is 0 Å². The van der Waals surface area contributed by atoms with Crippen LogP contribution in [0.25, 0.3) is 23.1 Å². The van der Waals surface area contributed by atoms with Crippen LogP contribution in [0.2, 0.25) is 0 Å². The summed E-state index contributed by atoms with van der Waals surface area (Å²) >= 11 is 0. The molecule has 4 rings (SSSR count). The summed E-state index contributed by atoms with van der Waals surface area (Å²) in [5, 5.41) is 10.6. The van der Waals surface area contributed by atoms with E-state index in [0.717, 1.165) is 35.2 Å². The Morgan fingerprint density at radius 1 is 1.28 bits per heavy atom. The van der Waals surface area contributed by atoms with E-state index in [4.69, 9.17) is 4.52 Å². The van der Waals surface area contributed by atoms with E-state index in [1.165, 1.54) is 7.05 Å². The third-order valence-corrected chi connectivity index (χ3v) is 4.29. The van der Waals surface area contributed by atoms with E-state index in [1.807, 2.05) is 12.1 Å². The molecule has 132 valence electrons. The normalized spacial score (nSPS) is 17.7. The minimum absolute atomic E-state index is 0.0676. The van der Waals surface area contributed by atoms with Gasteiger partial charge in [0.2, 0.25) is 5.82 Å². The SMILES string of the molecule is CC1NCCn2c(-c3nc(-c4cc(C(F)(F)F)nn4C)no3)ccc21. The van der Waals surface area contributed by atoms with E-state index in [2.05, 4.69) is 32.0 Å². The summed E-state index contributed by atoms with van der Waals surface area (Å²) in [6, 6.07) is 4.97. The van der Waals surface area contributed by atoms with Crippen molar-refractivity contribution in [1.82, 2.24) is 29.8 Å². The Morgan fingerprint density at radius 2 is 2.08 bits per heavy atom. The lowest BCUT2D eigenvalue weighted by Crippen LogP contribution is -2.31. The predicted molar refractivity (Wildman–Crippen MR) is 81.3 cm³/mol. The highest BCUT2D eigenvalue weighted by Crippen LogP contribution is 2.32. The van der Waals surface area contributed by atoms with Gasteiger partial charge in [-0.3, -0.25) is 4.68 Å². The van der Waals surface area contributed by atoms with E-state index in [-0.39, 0.29) is 23.5 Å². The van der Waals surface area contributed by atoms with Crippen LogP contribution < -0.4 is 5.32 Å². The molecule has 0 spiro atoms. The maximum atomic E-state index is 12.8. The minimum atomic E-state index is -4.52. The molecule has 0 amide bonds. The molecule has 0 bridgehead atoms. The van der Waals surface area contributed by atoms with Gasteiger partial charge < -0.3 is 14.4 Å². The summed E-state index contributed by atoms with van der Waals surface area (Å²) in [5.74, 6) is 0.336. The first-order valence-electron chi connectivity index (χ1n) is 7.73. The number of fused-ring (bicyclic) bond motifs is 1. The molecule has 1 atom stereocenters. The molecule has 3 aromatic heterocycles. The predicted octanol–water partition coefficient (Wildman–Crippen LogP) is 2.62. The zero-order valence-corrected chi connectivity index (χ0v) is 13.5. The number of hydrogen-bond donors (Lipinski definition) is 1. The van der Waals surface area contributed by atoms with Crippen molar-refractivity contribution in [2.24, 2.45) is 7.05 Å². The standard InChI is InChI=1S/C15H15F3N6O/c1-8-9-3-4-10(24(9)6-5-19-8)14-20-13(22-25-14)11-7-12(15(16,17)18)21-23(11)2/h3-4,7-8,19H,5-6H2,1-2H3. The number of alkyl halides is 3. The molecule has 1 aliphatic rings. The van der Waals surface area contributed by atoms with Crippen LogP contribution in [0.4, 0.5) is 13.2 Å². The van der Waals surface area contributed by atoms with Gasteiger partial charge in [0.1, 0.15) is 11.4 Å². The van der Waals surface area contributed by atoms with Crippen molar-refractivity contribution in [3.05, 3.63) is 29.6 Å². The van der Waals surface area contributed by atoms with E-state index in [9.17, 15) is 13.2 Å². The first-order chi connectivity index (χ1) is 11.8. The molecule has 0 radical (unpaired) electrons. The van der Waals surface area contributed by atoms with Crippen LogP contribution in [0.15, 0.2) is 22.7 Å². The quantitative estimate of drug-likeness (QED) is 0.767. The van der Waals surface area contributed by atoms with Gasteiger partial charge >= 0.3 is 6.18 Å². The second-order valence-electron chi connectivity index (χ2n) is 5.93. The minimum Gasteiger partial charge on any atom is -0.338 e. The lowest BCUT2D eigenvalue weighted by atomic mass is 10.2. The summed E-state index contributed by atoms with van der Waals surface area (Å²) in [5.41, 5.74) is 1.00. The highest BCUT2D eigenvalue weighted by Gasteiger charge is 2.35. The van der Waals surface area contributed by atoms with Crippen LogP contribution in [-0.4, -0.2) is 31.0 Å². The number of nitrogens with zero attached hydrogens (tertiary/aromatic N) is 5. The zero-order valence-electron chi connectivity index (χ0n) is 13.5. The van der Waals surface area contributed by atoms with Crippen molar-refractivity contribution in [1.29, 1.82) is 0 Å². The molecule has 1 aliphatic heterocycles. The molecule has 0 aromatic carbocycles. The van der Waals surface area contributed by atoms with Gasteiger partial charge in [-0.05, 0) is 25.1 Å². The van der Waals surface area contributed by atoms with Gasteiger partial charge in [0.15, 0.2) is 5.69 Å². The molecular formula is C15H15F3N6O.